The van der Waals surface area contributed by atoms with Gasteiger partial charge in [0.2, 0.25) is 11.8 Å². The molecule has 1 atom stereocenters. The minimum absolute atomic E-state index is 0.0176. The average Bonchev–Trinajstić information content (AvgIpc) is 3.13. The Morgan fingerprint density at radius 1 is 0.949 bits per heavy atom. The number of carbonyl (C=O) groups is 3. The number of sulfonamides is 1. The molecule has 0 radical (unpaired) electrons. The van der Waals surface area contributed by atoms with Gasteiger partial charge in [0.15, 0.2) is 0 Å². The van der Waals surface area contributed by atoms with Gasteiger partial charge in [-0.15, -0.1) is 0 Å². The molecule has 1 N–H and O–H groups in total. The monoisotopic (exact) mass is 567 g/mol. The second-order valence-corrected chi connectivity index (χ2v) is 11.6. The Kier molecular flexibility index (Phi) is 9.04. The van der Waals surface area contributed by atoms with Crippen LogP contribution in [-0.2, 0) is 32.6 Å². The fourth-order valence-electron chi connectivity index (χ4n) is 4.45. The number of hydrogen-bond donors (Lipinski definition) is 1. The van der Waals surface area contributed by atoms with Crippen LogP contribution in [0.5, 0.6) is 0 Å². The van der Waals surface area contributed by atoms with Crippen LogP contribution in [0.3, 0.4) is 0 Å². The summed E-state index contributed by atoms with van der Waals surface area (Å²) < 4.78 is 26.9. The molecule has 1 aliphatic heterocycles. The Balaban J connectivity index is 1.69. The molecule has 0 spiro atoms. The topological polar surface area (TPSA) is 104 Å². The number of amides is 3. The van der Waals surface area contributed by atoms with Gasteiger partial charge in [-0.3, -0.25) is 14.4 Å². The molecule has 3 aromatic carbocycles. The molecule has 204 valence electrons. The standard InChI is InChI=1S/C29H30ClN3O5S/c1-2-3-17-31-28(35)25(18-21-9-5-4-6-10-21)32(19-22-13-15-23(30)16-14-22)27(34)20-33-29(36)24-11-7-8-12-26(24)39(33,37)38/h4-16,25H,2-3,17-20H2,1H3,(H,31,35). The lowest BCUT2D eigenvalue weighted by atomic mass is 10.0. The zero-order chi connectivity index (χ0) is 28.0. The summed E-state index contributed by atoms with van der Waals surface area (Å²) in [7, 11) is -4.21. The van der Waals surface area contributed by atoms with Crippen molar-refractivity contribution in [3.8, 4) is 0 Å². The van der Waals surface area contributed by atoms with E-state index in [2.05, 4.69) is 5.32 Å². The van der Waals surface area contributed by atoms with Gasteiger partial charge in [0.25, 0.3) is 15.9 Å². The summed E-state index contributed by atoms with van der Waals surface area (Å²) in [6.45, 7) is 1.74. The van der Waals surface area contributed by atoms with E-state index in [-0.39, 0.29) is 29.3 Å². The summed E-state index contributed by atoms with van der Waals surface area (Å²) in [6.07, 6.45) is 1.86. The molecule has 0 bridgehead atoms. The van der Waals surface area contributed by atoms with Crippen molar-refractivity contribution < 1.29 is 22.8 Å². The molecule has 1 aliphatic rings. The molecule has 3 aromatic rings. The summed E-state index contributed by atoms with van der Waals surface area (Å²) in [5.74, 6) is -1.79. The maximum Gasteiger partial charge on any atom is 0.269 e. The van der Waals surface area contributed by atoms with Gasteiger partial charge in [-0.25, -0.2) is 12.7 Å². The number of benzene rings is 3. The highest BCUT2D eigenvalue weighted by Gasteiger charge is 2.43. The average molecular weight is 568 g/mol. The van der Waals surface area contributed by atoms with E-state index >= 15 is 0 Å². The van der Waals surface area contributed by atoms with E-state index in [0.717, 1.165) is 18.4 Å². The molecule has 1 heterocycles. The Labute approximate surface area is 233 Å². The number of nitrogens with zero attached hydrogens (tertiary/aromatic N) is 2. The lowest BCUT2D eigenvalue weighted by Gasteiger charge is -2.32. The van der Waals surface area contributed by atoms with Crippen LogP contribution < -0.4 is 5.32 Å². The van der Waals surface area contributed by atoms with E-state index in [9.17, 15) is 22.8 Å². The van der Waals surface area contributed by atoms with Crippen molar-refractivity contribution in [2.45, 2.75) is 43.7 Å². The lowest BCUT2D eigenvalue weighted by molar-refractivity contribution is -0.141. The third-order valence-electron chi connectivity index (χ3n) is 6.56. The highest BCUT2D eigenvalue weighted by Crippen LogP contribution is 2.30. The maximum atomic E-state index is 13.9. The number of halogens is 1. The molecule has 0 aliphatic carbocycles. The Bertz CT molecular complexity index is 1450. The van der Waals surface area contributed by atoms with E-state index in [1.807, 2.05) is 37.3 Å². The zero-order valence-electron chi connectivity index (χ0n) is 21.5. The van der Waals surface area contributed by atoms with Crippen molar-refractivity contribution in [3.05, 3.63) is 101 Å². The van der Waals surface area contributed by atoms with E-state index in [4.69, 9.17) is 11.6 Å². The van der Waals surface area contributed by atoms with Crippen molar-refractivity contribution in [1.29, 1.82) is 0 Å². The third kappa shape index (κ3) is 6.49. The predicted octanol–water partition coefficient (Wildman–Crippen LogP) is 4.04. The molecule has 0 aromatic heterocycles. The molecule has 0 fully saturated rings. The van der Waals surface area contributed by atoms with Crippen LogP contribution in [0.15, 0.2) is 83.8 Å². The fraction of sp³-hybridized carbons (Fsp3) is 0.276. The molecule has 8 nitrogen and oxygen atoms in total. The van der Waals surface area contributed by atoms with Gasteiger partial charge in [-0.05, 0) is 41.8 Å². The fourth-order valence-corrected chi connectivity index (χ4v) is 6.09. The second kappa shape index (κ2) is 12.4. The SMILES string of the molecule is CCCCNC(=O)C(Cc1ccccc1)N(Cc1ccc(Cl)cc1)C(=O)CN1C(=O)c2ccccc2S1(=O)=O. The molecular formula is C29H30ClN3O5S. The quantitative estimate of drug-likeness (QED) is 0.352. The van der Waals surface area contributed by atoms with Crippen LogP contribution in [0.1, 0.15) is 41.3 Å². The van der Waals surface area contributed by atoms with Crippen LogP contribution in [0.25, 0.3) is 0 Å². The first-order valence-corrected chi connectivity index (χ1v) is 14.6. The Morgan fingerprint density at radius 2 is 1.62 bits per heavy atom. The van der Waals surface area contributed by atoms with Crippen molar-refractivity contribution in [2.24, 2.45) is 0 Å². The normalized spacial score (nSPS) is 14.5. The molecular weight excluding hydrogens is 538 g/mol. The summed E-state index contributed by atoms with van der Waals surface area (Å²) >= 11 is 6.05. The van der Waals surface area contributed by atoms with Crippen molar-refractivity contribution >= 4 is 39.3 Å². The first kappa shape index (κ1) is 28.3. The molecule has 39 heavy (non-hydrogen) atoms. The largest absolute Gasteiger partial charge is 0.354 e. The predicted molar refractivity (Wildman–Crippen MR) is 149 cm³/mol. The summed E-state index contributed by atoms with van der Waals surface area (Å²) in [5.41, 5.74) is 1.55. The first-order chi connectivity index (χ1) is 18.7. The maximum absolute atomic E-state index is 13.9. The molecule has 10 heteroatoms. The molecule has 0 saturated carbocycles. The van der Waals surface area contributed by atoms with Gasteiger partial charge in [0.05, 0.1) is 5.56 Å². The van der Waals surface area contributed by atoms with Gasteiger partial charge >= 0.3 is 0 Å². The van der Waals surface area contributed by atoms with Crippen LogP contribution >= 0.6 is 11.6 Å². The van der Waals surface area contributed by atoms with Crippen LogP contribution in [0.2, 0.25) is 5.02 Å². The number of fused-ring (bicyclic) bond motifs is 1. The number of rotatable bonds is 11. The second-order valence-electron chi connectivity index (χ2n) is 9.31. The molecule has 4 rings (SSSR count). The summed E-state index contributed by atoms with van der Waals surface area (Å²) in [6, 6.07) is 21.0. The minimum Gasteiger partial charge on any atom is -0.354 e. The van der Waals surface area contributed by atoms with Gasteiger partial charge < -0.3 is 10.2 Å². The first-order valence-electron chi connectivity index (χ1n) is 12.7. The summed E-state index contributed by atoms with van der Waals surface area (Å²) in [5, 5.41) is 3.43. The number of unbranched alkanes of at least 4 members (excludes halogenated alkanes) is 1. The zero-order valence-corrected chi connectivity index (χ0v) is 23.1. The van der Waals surface area contributed by atoms with Crippen LogP contribution in [-0.4, -0.2) is 54.5 Å². The molecule has 0 saturated heterocycles. The summed E-state index contributed by atoms with van der Waals surface area (Å²) in [4.78, 5) is 41.6. The number of hydrogen-bond acceptors (Lipinski definition) is 5. The highest BCUT2D eigenvalue weighted by atomic mass is 35.5. The minimum atomic E-state index is -4.21. The third-order valence-corrected chi connectivity index (χ3v) is 8.60. The molecule has 3 amide bonds. The van der Waals surface area contributed by atoms with E-state index in [1.165, 1.54) is 23.1 Å². The van der Waals surface area contributed by atoms with Gasteiger partial charge in [-0.1, -0.05) is 79.5 Å². The molecule has 1 unspecified atom stereocenters. The number of nitrogens with one attached hydrogen (secondary N) is 1. The Hall–Kier alpha value is -3.69. The van der Waals surface area contributed by atoms with Gasteiger partial charge in [0, 0.05) is 24.5 Å². The highest BCUT2D eigenvalue weighted by molar-refractivity contribution is 7.90. The van der Waals surface area contributed by atoms with Crippen molar-refractivity contribution in [2.75, 3.05) is 13.1 Å². The van der Waals surface area contributed by atoms with Crippen LogP contribution in [0.4, 0.5) is 0 Å². The van der Waals surface area contributed by atoms with Crippen molar-refractivity contribution in [3.63, 3.8) is 0 Å². The van der Waals surface area contributed by atoms with Gasteiger partial charge in [-0.2, -0.15) is 0 Å². The van der Waals surface area contributed by atoms with E-state index < -0.39 is 34.4 Å². The smallest absolute Gasteiger partial charge is 0.269 e. The van der Waals surface area contributed by atoms with Crippen molar-refractivity contribution in [1.82, 2.24) is 14.5 Å². The lowest BCUT2D eigenvalue weighted by Crippen LogP contribution is -2.53. The van der Waals surface area contributed by atoms with Crippen LogP contribution in [0, 0.1) is 0 Å². The van der Waals surface area contributed by atoms with Gasteiger partial charge in [0.1, 0.15) is 17.5 Å². The van der Waals surface area contributed by atoms with E-state index in [0.29, 0.717) is 21.4 Å². The van der Waals surface area contributed by atoms with E-state index in [1.54, 1.807) is 30.3 Å². The number of carbonyl (C=O) groups excluding carboxylic acids is 3. The Morgan fingerprint density at radius 3 is 2.28 bits per heavy atom.